The zero-order chi connectivity index (χ0) is 14.2. The van der Waals surface area contributed by atoms with Gasteiger partial charge in [-0.2, -0.15) is 0 Å². The van der Waals surface area contributed by atoms with Gasteiger partial charge in [0.25, 0.3) is 0 Å². The zero-order valence-corrected chi connectivity index (χ0v) is 13.8. The lowest BCUT2D eigenvalue weighted by Gasteiger charge is -2.17. The van der Waals surface area contributed by atoms with Crippen molar-refractivity contribution >= 4 is 39.4 Å². The predicted molar refractivity (Wildman–Crippen MR) is 85.9 cm³/mol. The molecule has 0 saturated carbocycles. The lowest BCUT2D eigenvalue weighted by molar-refractivity contribution is 0.0862. The summed E-state index contributed by atoms with van der Waals surface area (Å²) in [6.45, 7) is 6.22. The fourth-order valence-electron chi connectivity index (χ4n) is 2.04. The van der Waals surface area contributed by atoms with Gasteiger partial charge in [0.2, 0.25) is 5.91 Å². The van der Waals surface area contributed by atoms with Crippen molar-refractivity contribution in [3.05, 3.63) is 28.0 Å². The fourth-order valence-corrected chi connectivity index (χ4v) is 2.75. The van der Waals surface area contributed by atoms with E-state index >= 15 is 0 Å². The standard InChI is InChI=1S/C15H18INO2/c1-15(2,3)8-14(18)17-9-12(16)11-7-10(19-4)5-6-13(11)17/h5-7,9H,8H2,1-4H3. The van der Waals surface area contributed by atoms with E-state index in [4.69, 9.17) is 4.74 Å². The molecule has 1 aromatic carbocycles. The Morgan fingerprint density at radius 1 is 1.37 bits per heavy atom. The first-order chi connectivity index (χ1) is 8.81. The van der Waals surface area contributed by atoms with Crippen LogP contribution in [0.5, 0.6) is 5.75 Å². The molecule has 3 nitrogen and oxygen atoms in total. The molecule has 0 amide bonds. The lowest BCUT2D eigenvalue weighted by atomic mass is 9.92. The average Bonchev–Trinajstić information content (AvgIpc) is 2.64. The normalized spacial score (nSPS) is 11.8. The number of rotatable bonds is 2. The highest BCUT2D eigenvalue weighted by molar-refractivity contribution is 14.1. The minimum Gasteiger partial charge on any atom is -0.497 e. The van der Waals surface area contributed by atoms with E-state index in [2.05, 4.69) is 43.4 Å². The van der Waals surface area contributed by atoms with Crippen LogP contribution in [-0.4, -0.2) is 17.6 Å². The number of halogens is 1. The highest BCUT2D eigenvalue weighted by atomic mass is 127. The van der Waals surface area contributed by atoms with Crippen LogP contribution in [0.25, 0.3) is 10.9 Å². The first-order valence-electron chi connectivity index (χ1n) is 6.19. The number of nitrogens with zero attached hydrogens (tertiary/aromatic N) is 1. The average molecular weight is 371 g/mol. The number of methoxy groups -OCH3 is 1. The van der Waals surface area contributed by atoms with Crippen molar-refractivity contribution in [1.82, 2.24) is 4.57 Å². The molecule has 0 radical (unpaired) electrons. The molecule has 2 aromatic rings. The maximum Gasteiger partial charge on any atom is 0.231 e. The summed E-state index contributed by atoms with van der Waals surface area (Å²) in [5.41, 5.74) is 0.936. The minimum absolute atomic E-state index is 0.00835. The monoisotopic (exact) mass is 371 g/mol. The molecule has 1 heterocycles. The number of benzene rings is 1. The molecular weight excluding hydrogens is 353 g/mol. The van der Waals surface area contributed by atoms with Gasteiger partial charge < -0.3 is 4.74 Å². The van der Waals surface area contributed by atoms with Gasteiger partial charge in [0.15, 0.2) is 0 Å². The van der Waals surface area contributed by atoms with Crippen molar-refractivity contribution in [3.63, 3.8) is 0 Å². The molecule has 0 N–H and O–H groups in total. The van der Waals surface area contributed by atoms with Gasteiger partial charge in [0.1, 0.15) is 5.75 Å². The van der Waals surface area contributed by atoms with E-state index in [1.807, 2.05) is 24.4 Å². The Bertz CT molecular complexity index is 623. The second-order valence-electron chi connectivity index (χ2n) is 5.86. The number of hydrogen-bond acceptors (Lipinski definition) is 2. The quantitative estimate of drug-likeness (QED) is 0.736. The summed E-state index contributed by atoms with van der Waals surface area (Å²) in [6, 6.07) is 5.80. The Balaban J connectivity index is 2.48. The summed E-state index contributed by atoms with van der Waals surface area (Å²) in [4.78, 5) is 12.4. The molecule has 0 atom stereocenters. The topological polar surface area (TPSA) is 31.2 Å². The zero-order valence-electron chi connectivity index (χ0n) is 11.7. The largest absolute Gasteiger partial charge is 0.497 e. The smallest absolute Gasteiger partial charge is 0.231 e. The fraction of sp³-hybridized carbons (Fsp3) is 0.400. The van der Waals surface area contributed by atoms with Crippen molar-refractivity contribution in [1.29, 1.82) is 0 Å². The molecule has 0 aliphatic carbocycles. The molecule has 0 spiro atoms. The van der Waals surface area contributed by atoms with E-state index in [1.54, 1.807) is 11.7 Å². The molecule has 0 unspecified atom stereocenters. The first kappa shape index (κ1) is 14.4. The first-order valence-corrected chi connectivity index (χ1v) is 7.27. The van der Waals surface area contributed by atoms with E-state index < -0.39 is 0 Å². The highest BCUT2D eigenvalue weighted by Crippen LogP contribution is 2.28. The third kappa shape index (κ3) is 3.11. The highest BCUT2D eigenvalue weighted by Gasteiger charge is 2.19. The summed E-state index contributed by atoms with van der Waals surface area (Å²) < 4.78 is 8.05. The second kappa shape index (κ2) is 5.15. The van der Waals surface area contributed by atoms with E-state index in [0.717, 1.165) is 20.2 Å². The Morgan fingerprint density at radius 2 is 2.05 bits per heavy atom. The molecule has 0 bridgehead atoms. The Morgan fingerprint density at radius 3 is 2.63 bits per heavy atom. The molecule has 102 valence electrons. The van der Waals surface area contributed by atoms with Crippen LogP contribution >= 0.6 is 22.6 Å². The molecule has 0 saturated heterocycles. The van der Waals surface area contributed by atoms with Crippen molar-refractivity contribution in [2.45, 2.75) is 27.2 Å². The maximum absolute atomic E-state index is 12.4. The van der Waals surface area contributed by atoms with Crippen molar-refractivity contribution in [3.8, 4) is 5.75 Å². The van der Waals surface area contributed by atoms with Gasteiger partial charge in [-0.3, -0.25) is 9.36 Å². The maximum atomic E-state index is 12.4. The number of carbonyl (C=O) groups is 1. The van der Waals surface area contributed by atoms with Gasteiger partial charge in [-0.25, -0.2) is 0 Å². The van der Waals surface area contributed by atoms with Gasteiger partial charge in [0.05, 0.1) is 12.6 Å². The number of hydrogen-bond donors (Lipinski definition) is 0. The molecule has 19 heavy (non-hydrogen) atoms. The van der Waals surface area contributed by atoms with Crippen molar-refractivity contribution < 1.29 is 9.53 Å². The summed E-state index contributed by atoms with van der Waals surface area (Å²) >= 11 is 2.25. The van der Waals surface area contributed by atoms with Crippen LogP contribution in [0.2, 0.25) is 0 Å². The number of ether oxygens (including phenoxy) is 1. The molecule has 0 aliphatic heterocycles. The molecule has 1 aromatic heterocycles. The van der Waals surface area contributed by atoms with Gasteiger partial charge in [-0.15, -0.1) is 0 Å². The van der Waals surface area contributed by atoms with Crippen LogP contribution in [0, 0.1) is 8.99 Å². The number of carbonyl (C=O) groups excluding carboxylic acids is 1. The summed E-state index contributed by atoms with van der Waals surface area (Å²) in [5, 5.41) is 1.06. The molecular formula is C15H18INO2. The van der Waals surface area contributed by atoms with Crippen LogP contribution < -0.4 is 4.74 Å². The third-order valence-electron chi connectivity index (χ3n) is 2.91. The number of aromatic nitrogens is 1. The SMILES string of the molecule is COc1ccc2c(c1)c(I)cn2C(=O)CC(C)(C)C. The van der Waals surface area contributed by atoms with Crippen LogP contribution in [0.1, 0.15) is 32.0 Å². The minimum atomic E-state index is -0.00835. The van der Waals surface area contributed by atoms with Crippen molar-refractivity contribution in [2.24, 2.45) is 5.41 Å². The van der Waals surface area contributed by atoms with Crippen LogP contribution in [-0.2, 0) is 0 Å². The molecule has 2 rings (SSSR count). The molecule has 0 aliphatic rings. The van der Waals surface area contributed by atoms with Crippen LogP contribution in [0.3, 0.4) is 0 Å². The molecule has 4 heteroatoms. The lowest BCUT2D eigenvalue weighted by Crippen LogP contribution is -2.18. The third-order valence-corrected chi connectivity index (χ3v) is 3.77. The van der Waals surface area contributed by atoms with E-state index in [9.17, 15) is 4.79 Å². The Kier molecular flexibility index (Phi) is 3.90. The van der Waals surface area contributed by atoms with E-state index in [-0.39, 0.29) is 11.3 Å². The van der Waals surface area contributed by atoms with Gasteiger partial charge >= 0.3 is 0 Å². The van der Waals surface area contributed by atoms with Crippen LogP contribution in [0.15, 0.2) is 24.4 Å². The van der Waals surface area contributed by atoms with Gasteiger partial charge in [-0.1, -0.05) is 20.8 Å². The predicted octanol–water partition coefficient (Wildman–Crippen LogP) is 4.33. The molecule has 0 fully saturated rings. The van der Waals surface area contributed by atoms with E-state index in [0.29, 0.717) is 6.42 Å². The Labute approximate surface area is 127 Å². The summed E-state index contributed by atoms with van der Waals surface area (Å²) in [6.07, 6.45) is 2.43. The second-order valence-corrected chi connectivity index (χ2v) is 7.02. The summed E-state index contributed by atoms with van der Waals surface area (Å²) in [5.74, 6) is 0.942. The van der Waals surface area contributed by atoms with Crippen molar-refractivity contribution in [2.75, 3.05) is 7.11 Å². The van der Waals surface area contributed by atoms with Gasteiger partial charge in [-0.05, 0) is 46.2 Å². The summed E-state index contributed by atoms with van der Waals surface area (Å²) in [7, 11) is 1.65. The van der Waals surface area contributed by atoms with Gasteiger partial charge in [0, 0.05) is 21.6 Å². The number of fused-ring (bicyclic) bond motifs is 1. The van der Waals surface area contributed by atoms with Crippen LogP contribution in [0.4, 0.5) is 0 Å². The Hall–Kier alpha value is -1.04. The van der Waals surface area contributed by atoms with E-state index in [1.165, 1.54) is 0 Å².